The molecule has 2 atom stereocenters. The first-order valence-electron chi connectivity index (χ1n) is 5.21. The van der Waals surface area contributed by atoms with Crippen LogP contribution >= 0.6 is 0 Å². The van der Waals surface area contributed by atoms with Crippen LogP contribution < -0.4 is 0 Å². The van der Waals surface area contributed by atoms with Crippen LogP contribution in [0.3, 0.4) is 0 Å². The molecule has 0 spiro atoms. The Balaban J connectivity index is 2.74. The van der Waals surface area contributed by atoms with Gasteiger partial charge in [-0.25, -0.2) is 0 Å². The maximum absolute atomic E-state index is 11.7. The molecule has 0 amide bonds. The summed E-state index contributed by atoms with van der Waals surface area (Å²) >= 11 is 0. The van der Waals surface area contributed by atoms with Crippen molar-refractivity contribution in [1.29, 1.82) is 0 Å². The maximum Gasteiger partial charge on any atom is 0.150 e. The first kappa shape index (κ1) is 11.2. The highest BCUT2D eigenvalue weighted by atomic mass is 16.1. The topological polar surface area (TPSA) is 20.3 Å². The van der Waals surface area contributed by atoms with E-state index in [1.165, 1.54) is 0 Å². The number of rotatable bonds is 4. The van der Waals surface area contributed by atoms with E-state index in [0.717, 1.165) is 19.4 Å². The van der Waals surface area contributed by atoms with Gasteiger partial charge < -0.3 is 0 Å². The van der Waals surface area contributed by atoms with Crippen LogP contribution in [0.1, 0.15) is 26.2 Å². The quantitative estimate of drug-likeness (QED) is 0.638. The summed E-state index contributed by atoms with van der Waals surface area (Å²) in [6.45, 7) is 10.4. The third-order valence-corrected chi connectivity index (χ3v) is 2.88. The summed E-state index contributed by atoms with van der Waals surface area (Å²) < 4.78 is 0. The molecule has 14 heavy (non-hydrogen) atoms. The minimum atomic E-state index is 0.0363. The van der Waals surface area contributed by atoms with Crippen LogP contribution in [0, 0.1) is 0 Å². The van der Waals surface area contributed by atoms with Gasteiger partial charge in [0.2, 0.25) is 0 Å². The lowest BCUT2D eigenvalue weighted by atomic mass is 9.93. The van der Waals surface area contributed by atoms with E-state index in [2.05, 4.69) is 25.0 Å². The summed E-state index contributed by atoms with van der Waals surface area (Å²) in [6, 6.07) is 0.518. The van der Waals surface area contributed by atoms with Gasteiger partial charge in [0.1, 0.15) is 5.78 Å². The number of nitrogens with zero attached hydrogens (tertiary/aromatic N) is 1. The van der Waals surface area contributed by atoms with E-state index in [1.807, 2.05) is 12.2 Å². The number of hydrogen-bond donors (Lipinski definition) is 0. The number of ketones is 1. The number of Topliss-reactive ketones (excluding diaryl/α,β-unsaturated/α-hetero) is 1. The van der Waals surface area contributed by atoms with Gasteiger partial charge in [-0.2, -0.15) is 0 Å². The molecular weight excluding hydrogens is 174 g/mol. The smallest absolute Gasteiger partial charge is 0.150 e. The van der Waals surface area contributed by atoms with Crippen molar-refractivity contribution in [3.63, 3.8) is 0 Å². The van der Waals surface area contributed by atoms with Gasteiger partial charge in [-0.15, -0.1) is 13.2 Å². The first-order valence-corrected chi connectivity index (χ1v) is 5.21. The van der Waals surface area contributed by atoms with E-state index in [0.29, 0.717) is 18.2 Å². The van der Waals surface area contributed by atoms with Crippen molar-refractivity contribution in [2.24, 2.45) is 0 Å². The number of piperidine rings is 1. The fourth-order valence-corrected chi connectivity index (χ4v) is 2.06. The summed E-state index contributed by atoms with van der Waals surface area (Å²) in [6.07, 6.45) is 6.15. The molecule has 2 heteroatoms. The van der Waals surface area contributed by atoms with Crippen molar-refractivity contribution in [2.75, 3.05) is 6.54 Å². The Morgan fingerprint density at radius 1 is 1.50 bits per heavy atom. The Bertz CT molecular complexity index is 234. The van der Waals surface area contributed by atoms with Gasteiger partial charge in [-0.3, -0.25) is 9.69 Å². The fourth-order valence-electron chi connectivity index (χ4n) is 2.06. The summed E-state index contributed by atoms with van der Waals surface area (Å²) in [5, 5.41) is 0. The van der Waals surface area contributed by atoms with Crippen LogP contribution in [0.4, 0.5) is 0 Å². The summed E-state index contributed by atoms with van der Waals surface area (Å²) in [5.74, 6) is 0.352. The highest BCUT2D eigenvalue weighted by molar-refractivity contribution is 5.85. The molecule has 0 radical (unpaired) electrons. The van der Waals surface area contributed by atoms with E-state index in [4.69, 9.17) is 0 Å². The van der Waals surface area contributed by atoms with Gasteiger partial charge in [0, 0.05) is 19.0 Å². The highest BCUT2D eigenvalue weighted by Gasteiger charge is 2.31. The summed E-state index contributed by atoms with van der Waals surface area (Å²) in [4.78, 5) is 13.9. The standard InChI is InChI=1S/C12H19NO/c1-4-6-11-12(14)8-7-10(3)13(11)9-5-2/h4-5,10-11H,1-2,6-9H2,3H3. The second kappa shape index (κ2) is 5.11. The Morgan fingerprint density at radius 3 is 2.79 bits per heavy atom. The predicted octanol–water partition coefficient (Wildman–Crippen LogP) is 2.17. The lowest BCUT2D eigenvalue weighted by Gasteiger charge is -2.38. The Morgan fingerprint density at radius 2 is 2.21 bits per heavy atom. The van der Waals surface area contributed by atoms with Crippen molar-refractivity contribution in [3.8, 4) is 0 Å². The van der Waals surface area contributed by atoms with Gasteiger partial charge >= 0.3 is 0 Å². The lowest BCUT2D eigenvalue weighted by Crippen LogP contribution is -2.50. The SMILES string of the molecule is C=CCC1C(=O)CCC(C)N1CC=C. The van der Waals surface area contributed by atoms with Crippen molar-refractivity contribution in [1.82, 2.24) is 4.90 Å². The second-order valence-corrected chi connectivity index (χ2v) is 3.88. The molecule has 1 heterocycles. The zero-order valence-electron chi connectivity index (χ0n) is 8.91. The molecule has 0 aromatic rings. The molecule has 0 aromatic carbocycles. The van der Waals surface area contributed by atoms with E-state index in [9.17, 15) is 4.79 Å². The van der Waals surface area contributed by atoms with Crippen molar-refractivity contribution >= 4 is 5.78 Å². The minimum Gasteiger partial charge on any atom is -0.298 e. The van der Waals surface area contributed by atoms with Crippen molar-refractivity contribution in [2.45, 2.75) is 38.3 Å². The molecule has 0 N–H and O–H groups in total. The molecule has 0 saturated carbocycles. The molecule has 1 aliphatic heterocycles. The molecule has 1 saturated heterocycles. The average molecular weight is 193 g/mol. The van der Waals surface area contributed by atoms with Gasteiger partial charge in [-0.1, -0.05) is 12.2 Å². The normalized spacial score (nSPS) is 28.8. The lowest BCUT2D eigenvalue weighted by molar-refractivity contribution is -0.128. The van der Waals surface area contributed by atoms with Gasteiger partial charge in [0.25, 0.3) is 0 Å². The molecule has 2 unspecified atom stereocenters. The molecule has 78 valence electrons. The van der Waals surface area contributed by atoms with Gasteiger partial charge in [0.05, 0.1) is 6.04 Å². The zero-order chi connectivity index (χ0) is 10.6. The van der Waals surface area contributed by atoms with Crippen molar-refractivity contribution in [3.05, 3.63) is 25.3 Å². The van der Waals surface area contributed by atoms with Crippen LogP contribution in [0.15, 0.2) is 25.3 Å². The first-order chi connectivity index (χ1) is 6.70. The minimum absolute atomic E-state index is 0.0363. The van der Waals surface area contributed by atoms with E-state index >= 15 is 0 Å². The Hall–Kier alpha value is -0.890. The average Bonchev–Trinajstić information content (AvgIpc) is 2.17. The number of hydrogen-bond acceptors (Lipinski definition) is 2. The molecule has 2 nitrogen and oxygen atoms in total. The predicted molar refractivity (Wildman–Crippen MR) is 59.2 cm³/mol. The molecule has 1 aliphatic rings. The molecule has 0 aromatic heterocycles. The van der Waals surface area contributed by atoms with Crippen LogP contribution in [0.2, 0.25) is 0 Å². The molecule has 0 aliphatic carbocycles. The number of carbonyl (C=O) groups excluding carboxylic acids is 1. The fraction of sp³-hybridized carbons (Fsp3) is 0.583. The largest absolute Gasteiger partial charge is 0.298 e. The Kier molecular flexibility index (Phi) is 4.08. The number of likely N-dealkylation sites (tertiary alicyclic amines) is 1. The highest BCUT2D eigenvalue weighted by Crippen LogP contribution is 2.22. The van der Waals surface area contributed by atoms with Crippen LogP contribution in [-0.2, 0) is 4.79 Å². The summed E-state index contributed by atoms with van der Waals surface area (Å²) in [7, 11) is 0. The van der Waals surface area contributed by atoms with Gasteiger partial charge in [-0.05, 0) is 19.8 Å². The van der Waals surface area contributed by atoms with E-state index in [-0.39, 0.29) is 6.04 Å². The van der Waals surface area contributed by atoms with Crippen molar-refractivity contribution < 1.29 is 4.79 Å². The maximum atomic E-state index is 11.7. The third kappa shape index (κ3) is 2.32. The third-order valence-electron chi connectivity index (χ3n) is 2.88. The van der Waals surface area contributed by atoms with E-state index in [1.54, 1.807) is 0 Å². The van der Waals surface area contributed by atoms with Crippen LogP contribution in [0.25, 0.3) is 0 Å². The molecule has 1 rings (SSSR count). The monoisotopic (exact) mass is 193 g/mol. The Labute approximate surface area is 86.3 Å². The number of carbonyl (C=O) groups is 1. The zero-order valence-corrected chi connectivity index (χ0v) is 8.91. The molecule has 1 fully saturated rings. The van der Waals surface area contributed by atoms with Gasteiger partial charge in [0.15, 0.2) is 0 Å². The second-order valence-electron chi connectivity index (χ2n) is 3.88. The van der Waals surface area contributed by atoms with Crippen LogP contribution in [-0.4, -0.2) is 29.3 Å². The van der Waals surface area contributed by atoms with Crippen LogP contribution in [0.5, 0.6) is 0 Å². The van der Waals surface area contributed by atoms with E-state index < -0.39 is 0 Å². The molecule has 0 bridgehead atoms. The molecular formula is C12H19NO. The summed E-state index contributed by atoms with van der Waals surface area (Å²) in [5.41, 5.74) is 0.